The van der Waals surface area contributed by atoms with E-state index in [-0.39, 0.29) is 0 Å². The second-order valence-corrected chi connectivity index (χ2v) is 7.88. The summed E-state index contributed by atoms with van der Waals surface area (Å²) in [6, 6.07) is 16.1. The minimum Gasteiger partial charge on any atom is -0.495 e. The number of ether oxygens (including phenoxy) is 1. The van der Waals surface area contributed by atoms with Crippen LogP contribution in [0.25, 0.3) is 10.6 Å². The molecule has 0 atom stereocenters. The molecule has 0 unspecified atom stereocenters. The van der Waals surface area contributed by atoms with Gasteiger partial charge in [-0.05, 0) is 24.3 Å². The van der Waals surface area contributed by atoms with E-state index < -0.39 is 0 Å². The Morgan fingerprint density at radius 3 is 2.52 bits per heavy atom. The number of halogens is 1. The molecule has 0 spiro atoms. The highest BCUT2D eigenvalue weighted by Gasteiger charge is 2.20. The molecule has 3 aromatic rings. The van der Waals surface area contributed by atoms with Crippen LogP contribution in [0, 0.1) is 0 Å². The van der Waals surface area contributed by atoms with Crippen molar-refractivity contribution in [2.75, 3.05) is 38.2 Å². The van der Waals surface area contributed by atoms with Crippen LogP contribution < -0.4 is 9.64 Å². The van der Waals surface area contributed by atoms with Crippen LogP contribution in [0.5, 0.6) is 5.75 Å². The van der Waals surface area contributed by atoms with Gasteiger partial charge in [0.2, 0.25) is 0 Å². The first-order chi connectivity index (χ1) is 13.2. The molecule has 1 saturated heterocycles. The van der Waals surface area contributed by atoms with Gasteiger partial charge in [-0.15, -0.1) is 11.3 Å². The molecule has 27 heavy (non-hydrogen) atoms. The summed E-state index contributed by atoms with van der Waals surface area (Å²) in [5.74, 6) is 0.943. The fourth-order valence-electron chi connectivity index (χ4n) is 3.37. The Hall–Kier alpha value is -2.08. The lowest BCUT2D eigenvalue weighted by molar-refractivity contribution is 0.247. The average Bonchev–Trinajstić information content (AvgIpc) is 3.17. The lowest BCUT2D eigenvalue weighted by Crippen LogP contribution is -2.46. The number of para-hydroxylation sites is 2. The van der Waals surface area contributed by atoms with Crippen LogP contribution >= 0.6 is 22.9 Å². The predicted octanol–water partition coefficient (Wildman–Crippen LogP) is 4.79. The van der Waals surface area contributed by atoms with E-state index in [1.807, 2.05) is 36.4 Å². The van der Waals surface area contributed by atoms with Crippen molar-refractivity contribution >= 4 is 28.6 Å². The van der Waals surface area contributed by atoms with E-state index in [4.69, 9.17) is 21.3 Å². The molecule has 4 rings (SSSR count). The second kappa shape index (κ2) is 8.30. The Bertz CT molecular complexity index is 888. The van der Waals surface area contributed by atoms with Gasteiger partial charge in [-0.25, -0.2) is 4.98 Å². The van der Waals surface area contributed by atoms with Gasteiger partial charge < -0.3 is 9.64 Å². The number of piperazine rings is 1. The molecule has 0 aliphatic carbocycles. The monoisotopic (exact) mass is 399 g/mol. The fourth-order valence-corrected chi connectivity index (χ4v) is 4.31. The third-order valence-corrected chi connectivity index (χ3v) is 6.02. The zero-order valence-corrected chi connectivity index (χ0v) is 16.8. The largest absolute Gasteiger partial charge is 0.495 e. The van der Waals surface area contributed by atoms with Gasteiger partial charge in [-0.3, -0.25) is 4.90 Å². The highest BCUT2D eigenvalue weighted by atomic mass is 35.5. The topological polar surface area (TPSA) is 28.6 Å². The molecule has 140 valence electrons. The van der Waals surface area contributed by atoms with Crippen molar-refractivity contribution in [3.05, 3.63) is 64.6 Å². The van der Waals surface area contributed by atoms with Crippen LogP contribution in [0.15, 0.2) is 53.9 Å². The van der Waals surface area contributed by atoms with E-state index in [2.05, 4.69) is 27.3 Å². The lowest BCUT2D eigenvalue weighted by atomic mass is 10.2. The quantitative estimate of drug-likeness (QED) is 0.616. The van der Waals surface area contributed by atoms with Gasteiger partial charge in [0.1, 0.15) is 10.8 Å². The zero-order valence-electron chi connectivity index (χ0n) is 15.3. The van der Waals surface area contributed by atoms with Crippen LogP contribution in [-0.4, -0.2) is 43.2 Å². The number of aromatic nitrogens is 1. The molecule has 4 nitrogen and oxygen atoms in total. The van der Waals surface area contributed by atoms with E-state index in [1.54, 1.807) is 18.4 Å². The van der Waals surface area contributed by atoms with Crippen molar-refractivity contribution < 1.29 is 4.74 Å². The van der Waals surface area contributed by atoms with Crippen LogP contribution in [0.3, 0.4) is 0 Å². The predicted molar refractivity (Wildman–Crippen MR) is 113 cm³/mol. The second-order valence-electron chi connectivity index (χ2n) is 6.59. The van der Waals surface area contributed by atoms with Gasteiger partial charge in [-0.1, -0.05) is 35.9 Å². The number of hydrogen-bond donors (Lipinski definition) is 0. The Balaban J connectivity index is 1.36. The highest BCUT2D eigenvalue weighted by molar-refractivity contribution is 7.13. The van der Waals surface area contributed by atoms with Gasteiger partial charge in [-0.2, -0.15) is 0 Å². The van der Waals surface area contributed by atoms with Crippen LogP contribution in [0.1, 0.15) is 5.69 Å². The third kappa shape index (κ3) is 4.26. The van der Waals surface area contributed by atoms with Crippen LogP contribution in [-0.2, 0) is 6.54 Å². The molecule has 0 amide bonds. The molecule has 0 saturated carbocycles. The zero-order chi connectivity index (χ0) is 18.6. The van der Waals surface area contributed by atoms with Crippen molar-refractivity contribution in [1.29, 1.82) is 0 Å². The molecule has 1 fully saturated rings. The molecule has 1 aliphatic rings. The maximum absolute atomic E-state index is 5.97. The summed E-state index contributed by atoms with van der Waals surface area (Å²) in [5.41, 5.74) is 3.44. The molecule has 2 aromatic carbocycles. The smallest absolute Gasteiger partial charge is 0.142 e. The van der Waals surface area contributed by atoms with Crippen LogP contribution in [0.4, 0.5) is 5.69 Å². The summed E-state index contributed by atoms with van der Waals surface area (Å²) >= 11 is 7.66. The molecule has 0 radical (unpaired) electrons. The molecular weight excluding hydrogens is 378 g/mol. The first kappa shape index (κ1) is 18.3. The maximum Gasteiger partial charge on any atom is 0.142 e. The Labute approximate surface area is 169 Å². The van der Waals surface area contributed by atoms with E-state index >= 15 is 0 Å². The van der Waals surface area contributed by atoms with Gasteiger partial charge in [0.05, 0.1) is 18.5 Å². The maximum atomic E-state index is 5.97. The van der Waals surface area contributed by atoms with Crippen molar-refractivity contribution in [3.63, 3.8) is 0 Å². The van der Waals surface area contributed by atoms with Gasteiger partial charge in [0.15, 0.2) is 0 Å². The Morgan fingerprint density at radius 1 is 1.04 bits per heavy atom. The molecular formula is C21H22ClN3OS. The number of benzene rings is 2. The number of rotatable bonds is 5. The molecule has 1 aliphatic heterocycles. The van der Waals surface area contributed by atoms with Gasteiger partial charge in [0.25, 0.3) is 0 Å². The van der Waals surface area contributed by atoms with Crippen molar-refractivity contribution in [2.45, 2.75) is 6.54 Å². The van der Waals surface area contributed by atoms with E-state index in [0.717, 1.165) is 59.8 Å². The summed E-state index contributed by atoms with van der Waals surface area (Å²) in [4.78, 5) is 9.67. The van der Waals surface area contributed by atoms with Gasteiger partial charge in [0, 0.05) is 48.7 Å². The molecule has 1 aromatic heterocycles. The normalized spacial score (nSPS) is 15.1. The minimum absolute atomic E-state index is 0.753. The first-order valence-electron chi connectivity index (χ1n) is 9.03. The average molecular weight is 400 g/mol. The number of nitrogens with zero attached hydrogens (tertiary/aromatic N) is 3. The number of hydrogen-bond acceptors (Lipinski definition) is 5. The number of anilines is 1. The summed E-state index contributed by atoms with van der Waals surface area (Å²) < 4.78 is 5.50. The summed E-state index contributed by atoms with van der Waals surface area (Å²) in [5, 5.41) is 3.97. The van der Waals surface area contributed by atoms with E-state index in [0.29, 0.717) is 0 Å². The lowest BCUT2D eigenvalue weighted by Gasteiger charge is -2.36. The standard InChI is InChI=1S/C21H22ClN3OS/c1-26-20-5-3-2-4-19(20)25-12-10-24(11-13-25)14-18-15-27-21(23-18)16-6-8-17(22)9-7-16/h2-9,15H,10-14H2,1H3. The number of thiazole rings is 1. The third-order valence-electron chi connectivity index (χ3n) is 4.83. The molecule has 0 N–H and O–H groups in total. The fraction of sp³-hybridized carbons (Fsp3) is 0.286. The molecule has 2 heterocycles. The van der Waals surface area contributed by atoms with Crippen molar-refractivity contribution in [3.8, 4) is 16.3 Å². The molecule has 6 heteroatoms. The van der Waals surface area contributed by atoms with E-state index in [9.17, 15) is 0 Å². The minimum atomic E-state index is 0.753. The Kier molecular flexibility index (Phi) is 5.62. The van der Waals surface area contributed by atoms with E-state index in [1.165, 1.54) is 5.69 Å². The summed E-state index contributed by atoms with van der Waals surface area (Å²) in [6.07, 6.45) is 0. The first-order valence-corrected chi connectivity index (χ1v) is 10.3. The Morgan fingerprint density at radius 2 is 1.78 bits per heavy atom. The van der Waals surface area contributed by atoms with Crippen LogP contribution in [0.2, 0.25) is 5.02 Å². The summed E-state index contributed by atoms with van der Waals surface area (Å²) in [6.45, 7) is 4.92. The summed E-state index contributed by atoms with van der Waals surface area (Å²) in [7, 11) is 1.73. The molecule has 0 bridgehead atoms. The van der Waals surface area contributed by atoms with Crippen molar-refractivity contribution in [1.82, 2.24) is 9.88 Å². The van der Waals surface area contributed by atoms with Gasteiger partial charge >= 0.3 is 0 Å². The van der Waals surface area contributed by atoms with Crippen molar-refractivity contribution in [2.24, 2.45) is 0 Å². The highest BCUT2D eigenvalue weighted by Crippen LogP contribution is 2.29. The SMILES string of the molecule is COc1ccccc1N1CCN(Cc2csc(-c3ccc(Cl)cc3)n2)CC1. The number of methoxy groups -OCH3 is 1.